The van der Waals surface area contributed by atoms with E-state index in [1.165, 1.54) is 37.8 Å². The van der Waals surface area contributed by atoms with Gasteiger partial charge in [-0.1, -0.05) is 19.3 Å². The highest BCUT2D eigenvalue weighted by molar-refractivity contribution is 5.48. The molecule has 1 aromatic rings. The summed E-state index contributed by atoms with van der Waals surface area (Å²) in [5.74, 6) is 0.911. The molecule has 0 heterocycles. The van der Waals surface area contributed by atoms with Crippen molar-refractivity contribution in [2.24, 2.45) is 5.41 Å². The number of nitrogens with one attached hydrogen (secondary N) is 1. The third-order valence-electron chi connectivity index (χ3n) is 5.37. The van der Waals surface area contributed by atoms with Crippen LogP contribution < -0.4 is 10.1 Å². The van der Waals surface area contributed by atoms with Crippen molar-refractivity contribution in [1.82, 2.24) is 0 Å². The lowest BCUT2D eigenvalue weighted by Crippen LogP contribution is -2.62. The van der Waals surface area contributed by atoms with Crippen LogP contribution in [0, 0.1) is 5.41 Å². The standard InChI is InChI=1S/C18H27NO2/c1-3-21-17-13-16(18(17)11-5-4-6-12-18)19-14-7-9-15(20-2)10-8-14/h7-10,16-17,19H,3-6,11-13H2,1-2H3. The first kappa shape index (κ1) is 14.7. The molecule has 0 radical (unpaired) electrons. The van der Waals surface area contributed by atoms with Crippen LogP contribution in [0.5, 0.6) is 5.75 Å². The van der Waals surface area contributed by atoms with Crippen LogP contribution in [0.2, 0.25) is 0 Å². The maximum atomic E-state index is 6.02. The van der Waals surface area contributed by atoms with Crippen LogP contribution in [0.3, 0.4) is 0 Å². The Hall–Kier alpha value is -1.22. The van der Waals surface area contributed by atoms with Gasteiger partial charge in [-0.3, -0.25) is 0 Å². The van der Waals surface area contributed by atoms with E-state index in [-0.39, 0.29) is 0 Å². The van der Waals surface area contributed by atoms with E-state index < -0.39 is 0 Å². The summed E-state index contributed by atoms with van der Waals surface area (Å²) in [7, 11) is 1.71. The van der Waals surface area contributed by atoms with Gasteiger partial charge < -0.3 is 14.8 Å². The lowest BCUT2D eigenvalue weighted by molar-refractivity contribution is -0.134. The number of methoxy groups -OCH3 is 1. The number of anilines is 1. The molecule has 0 bridgehead atoms. The second kappa shape index (κ2) is 6.27. The van der Waals surface area contributed by atoms with Crippen molar-refractivity contribution in [3.8, 4) is 5.75 Å². The van der Waals surface area contributed by atoms with Crippen molar-refractivity contribution in [2.75, 3.05) is 19.0 Å². The molecule has 3 rings (SSSR count). The number of hydrogen-bond acceptors (Lipinski definition) is 3. The van der Waals surface area contributed by atoms with E-state index in [4.69, 9.17) is 9.47 Å². The Labute approximate surface area is 128 Å². The minimum absolute atomic E-state index is 0.369. The highest BCUT2D eigenvalue weighted by atomic mass is 16.5. The highest BCUT2D eigenvalue weighted by Crippen LogP contribution is 2.54. The van der Waals surface area contributed by atoms with Crippen LogP contribution in [0.15, 0.2) is 24.3 Å². The molecule has 1 N–H and O–H groups in total. The average Bonchev–Trinajstić information content (AvgIpc) is 2.55. The van der Waals surface area contributed by atoms with Gasteiger partial charge in [-0.2, -0.15) is 0 Å². The van der Waals surface area contributed by atoms with Crippen molar-refractivity contribution in [1.29, 1.82) is 0 Å². The molecule has 2 unspecified atom stereocenters. The molecule has 116 valence electrons. The molecular weight excluding hydrogens is 262 g/mol. The van der Waals surface area contributed by atoms with Crippen molar-refractivity contribution < 1.29 is 9.47 Å². The zero-order chi connectivity index (χ0) is 14.7. The Balaban J connectivity index is 1.69. The van der Waals surface area contributed by atoms with Crippen LogP contribution in [0.25, 0.3) is 0 Å². The summed E-state index contributed by atoms with van der Waals surface area (Å²) < 4.78 is 11.2. The fourth-order valence-corrected chi connectivity index (χ4v) is 4.15. The van der Waals surface area contributed by atoms with Gasteiger partial charge in [0.2, 0.25) is 0 Å². The largest absolute Gasteiger partial charge is 0.497 e. The van der Waals surface area contributed by atoms with Crippen molar-refractivity contribution in [2.45, 2.75) is 57.6 Å². The molecule has 0 aliphatic heterocycles. The van der Waals surface area contributed by atoms with Crippen molar-refractivity contribution in [3.05, 3.63) is 24.3 Å². The minimum atomic E-state index is 0.369. The summed E-state index contributed by atoms with van der Waals surface area (Å²) in [6, 6.07) is 8.83. The molecule has 1 aromatic carbocycles. The molecule has 1 spiro atoms. The van der Waals surface area contributed by atoms with Gasteiger partial charge in [-0.25, -0.2) is 0 Å². The zero-order valence-corrected chi connectivity index (χ0v) is 13.2. The first-order chi connectivity index (χ1) is 10.3. The highest BCUT2D eigenvalue weighted by Gasteiger charge is 2.55. The molecule has 21 heavy (non-hydrogen) atoms. The predicted molar refractivity (Wildman–Crippen MR) is 86.0 cm³/mol. The summed E-state index contributed by atoms with van der Waals surface area (Å²) in [5, 5.41) is 3.74. The Bertz CT molecular complexity index is 451. The van der Waals surface area contributed by atoms with Gasteiger partial charge in [-0.15, -0.1) is 0 Å². The van der Waals surface area contributed by atoms with Gasteiger partial charge in [0.05, 0.1) is 13.2 Å². The number of ether oxygens (including phenoxy) is 2. The second-order valence-electron chi connectivity index (χ2n) is 6.40. The second-order valence-corrected chi connectivity index (χ2v) is 6.40. The van der Waals surface area contributed by atoms with E-state index in [0.717, 1.165) is 18.8 Å². The molecule has 0 amide bonds. The van der Waals surface area contributed by atoms with Gasteiger partial charge in [0.1, 0.15) is 5.75 Å². The molecule has 0 aromatic heterocycles. The topological polar surface area (TPSA) is 30.5 Å². The molecule has 0 saturated heterocycles. The third-order valence-corrected chi connectivity index (χ3v) is 5.37. The molecule has 2 fully saturated rings. The molecular formula is C18H27NO2. The summed E-state index contributed by atoms with van der Waals surface area (Å²) in [4.78, 5) is 0. The molecule has 3 nitrogen and oxygen atoms in total. The summed E-state index contributed by atoms with van der Waals surface area (Å²) in [6.45, 7) is 2.95. The van der Waals surface area contributed by atoms with Crippen LogP contribution in [-0.4, -0.2) is 25.9 Å². The number of hydrogen-bond donors (Lipinski definition) is 1. The molecule has 2 aliphatic rings. The molecule has 2 saturated carbocycles. The molecule has 2 aliphatic carbocycles. The Morgan fingerprint density at radius 1 is 1.14 bits per heavy atom. The maximum absolute atomic E-state index is 6.02. The van der Waals surface area contributed by atoms with Crippen LogP contribution in [-0.2, 0) is 4.74 Å². The van der Waals surface area contributed by atoms with Crippen molar-refractivity contribution >= 4 is 5.69 Å². The van der Waals surface area contributed by atoms with E-state index in [1.54, 1.807) is 7.11 Å². The van der Waals surface area contributed by atoms with Crippen molar-refractivity contribution in [3.63, 3.8) is 0 Å². The van der Waals surface area contributed by atoms with E-state index in [0.29, 0.717) is 17.6 Å². The van der Waals surface area contributed by atoms with E-state index in [1.807, 2.05) is 12.1 Å². The lowest BCUT2D eigenvalue weighted by atomic mass is 9.55. The summed E-state index contributed by atoms with van der Waals surface area (Å²) in [5.41, 5.74) is 1.56. The van der Waals surface area contributed by atoms with Crippen LogP contribution in [0.4, 0.5) is 5.69 Å². The number of benzene rings is 1. The van der Waals surface area contributed by atoms with Gasteiger partial charge in [0.15, 0.2) is 0 Å². The predicted octanol–water partition coefficient (Wildman–Crippen LogP) is 4.24. The van der Waals surface area contributed by atoms with Crippen LogP contribution in [0.1, 0.15) is 45.4 Å². The van der Waals surface area contributed by atoms with Gasteiger partial charge >= 0.3 is 0 Å². The Morgan fingerprint density at radius 3 is 2.48 bits per heavy atom. The fraction of sp³-hybridized carbons (Fsp3) is 0.667. The monoisotopic (exact) mass is 289 g/mol. The van der Waals surface area contributed by atoms with E-state index in [9.17, 15) is 0 Å². The van der Waals surface area contributed by atoms with Gasteiger partial charge in [0.25, 0.3) is 0 Å². The first-order valence-electron chi connectivity index (χ1n) is 8.30. The zero-order valence-electron chi connectivity index (χ0n) is 13.2. The smallest absolute Gasteiger partial charge is 0.119 e. The van der Waals surface area contributed by atoms with Gasteiger partial charge in [-0.05, 0) is 50.5 Å². The van der Waals surface area contributed by atoms with E-state index >= 15 is 0 Å². The average molecular weight is 289 g/mol. The SMILES string of the molecule is CCOC1CC(Nc2ccc(OC)cc2)C12CCCCC2. The fourth-order valence-electron chi connectivity index (χ4n) is 4.15. The normalized spacial score (nSPS) is 27.1. The van der Waals surface area contributed by atoms with Gasteiger partial charge in [0, 0.05) is 23.8 Å². The Kier molecular flexibility index (Phi) is 4.39. The molecule has 3 heteroatoms. The number of rotatable bonds is 5. The third kappa shape index (κ3) is 2.76. The Morgan fingerprint density at radius 2 is 1.86 bits per heavy atom. The minimum Gasteiger partial charge on any atom is -0.497 e. The van der Waals surface area contributed by atoms with Crippen LogP contribution >= 0.6 is 0 Å². The molecule has 2 atom stereocenters. The lowest BCUT2D eigenvalue weighted by Gasteiger charge is -2.58. The first-order valence-corrected chi connectivity index (χ1v) is 8.30. The summed E-state index contributed by atoms with van der Waals surface area (Å²) in [6.07, 6.45) is 8.31. The quantitative estimate of drug-likeness (QED) is 0.879. The summed E-state index contributed by atoms with van der Waals surface area (Å²) >= 11 is 0. The van der Waals surface area contributed by atoms with E-state index in [2.05, 4.69) is 24.4 Å². The maximum Gasteiger partial charge on any atom is 0.119 e.